The van der Waals surface area contributed by atoms with Gasteiger partial charge in [0.1, 0.15) is 0 Å². The van der Waals surface area contributed by atoms with Crippen molar-refractivity contribution >= 4 is 30.7 Å². The third-order valence-corrected chi connectivity index (χ3v) is 3.69. The van der Waals surface area contributed by atoms with Crippen LogP contribution in [0.5, 0.6) is 0 Å². The van der Waals surface area contributed by atoms with Crippen LogP contribution in [-0.4, -0.2) is 42.5 Å². The van der Waals surface area contributed by atoms with Gasteiger partial charge in [-0.05, 0) is 50.9 Å². The molecule has 2 heterocycles. The highest BCUT2D eigenvalue weighted by atomic mass is 35.5. The van der Waals surface area contributed by atoms with Crippen molar-refractivity contribution in [1.82, 2.24) is 15.2 Å². The number of amides is 1. The van der Waals surface area contributed by atoms with Gasteiger partial charge in [-0.2, -0.15) is 0 Å². The third kappa shape index (κ3) is 6.64. The van der Waals surface area contributed by atoms with Crippen LogP contribution < -0.4 is 5.32 Å². The Kier molecular flexibility index (Phi) is 10.4. The molecule has 2 rings (SSSR count). The molecule has 1 aromatic heterocycles. The minimum absolute atomic E-state index is 0. The van der Waals surface area contributed by atoms with Gasteiger partial charge in [-0.3, -0.25) is 9.78 Å². The summed E-state index contributed by atoms with van der Waals surface area (Å²) < 4.78 is 0. The fourth-order valence-corrected chi connectivity index (χ4v) is 2.69. The number of piperidine rings is 1. The first-order valence-electron chi connectivity index (χ1n) is 7.12. The Morgan fingerprint density at radius 1 is 1.43 bits per heavy atom. The number of aromatic nitrogens is 1. The first-order valence-corrected chi connectivity index (χ1v) is 7.12. The van der Waals surface area contributed by atoms with Crippen LogP contribution in [0.4, 0.5) is 0 Å². The molecular weight excluding hydrogens is 309 g/mol. The van der Waals surface area contributed by atoms with E-state index in [1.807, 2.05) is 30.1 Å². The molecule has 1 aliphatic rings. The molecule has 1 aromatic rings. The largest absolute Gasteiger partial charge is 0.342 e. The highest BCUT2D eigenvalue weighted by Gasteiger charge is 2.22. The van der Waals surface area contributed by atoms with Gasteiger partial charge >= 0.3 is 0 Å². The molecule has 0 bridgehead atoms. The summed E-state index contributed by atoms with van der Waals surface area (Å²) in [5, 5.41) is 3.21. The van der Waals surface area contributed by atoms with Gasteiger partial charge in [-0.25, -0.2) is 0 Å². The number of likely N-dealkylation sites (tertiary alicyclic amines) is 1. The number of nitrogens with zero attached hydrogens (tertiary/aromatic N) is 2. The van der Waals surface area contributed by atoms with Crippen LogP contribution in [0.3, 0.4) is 0 Å². The van der Waals surface area contributed by atoms with Crippen LogP contribution in [0, 0.1) is 5.92 Å². The number of carbonyl (C=O) groups is 1. The molecule has 0 aromatic carbocycles. The molecule has 1 unspecified atom stereocenters. The fourth-order valence-electron chi connectivity index (χ4n) is 2.69. The maximum absolute atomic E-state index is 12.2. The lowest BCUT2D eigenvalue weighted by Gasteiger charge is -2.32. The molecule has 1 aliphatic heterocycles. The summed E-state index contributed by atoms with van der Waals surface area (Å²) in [7, 11) is 1.97. The number of hydrogen-bond acceptors (Lipinski definition) is 3. The van der Waals surface area contributed by atoms with Crippen molar-refractivity contribution < 1.29 is 4.79 Å². The first-order chi connectivity index (χ1) is 9.29. The number of nitrogens with one attached hydrogen (secondary N) is 1. The second-order valence-electron chi connectivity index (χ2n) is 5.23. The SMILES string of the molecule is CNCC1CCCN(C(=O)CCc2ccccn2)C1.Cl.Cl. The number of aryl methyl sites for hydroxylation is 1. The predicted molar refractivity (Wildman–Crippen MR) is 90.3 cm³/mol. The highest BCUT2D eigenvalue weighted by Crippen LogP contribution is 2.16. The van der Waals surface area contributed by atoms with Gasteiger partial charge in [0.2, 0.25) is 5.91 Å². The van der Waals surface area contributed by atoms with Gasteiger partial charge in [0.25, 0.3) is 0 Å². The van der Waals surface area contributed by atoms with Crippen LogP contribution in [0.2, 0.25) is 0 Å². The first kappa shape index (κ1) is 20.2. The maximum atomic E-state index is 12.2. The average Bonchev–Trinajstić information content (AvgIpc) is 2.46. The van der Waals surface area contributed by atoms with Crippen molar-refractivity contribution in [1.29, 1.82) is 0 Å². The Bertz CT molecular complexity index is 401. The van der Waals surface area contributed by atoms with Crippen molar-refractivity contribution in [2.75, 3.05) is 26.7 Å². The molecular formula is C15H25Cl2N3O. The van der Waals surface area contributed by atoms with Gasteiger partial charge in [-0.1, -0.05) is 6.07 Å². The summed E-state index contributed by atoms with van der Waals surface area (Å²) >= 11 is 0. The van der Waals surface area contributed by atoms with E-state index in [1.165, 1.54) is 6.42 Å². The molecule has 0 radical (unpaired) electrons. The Hall–Kier alpha value is -0.840. The van der Waals surface area contributed by atoms with Gasteiger partial charge < -0.3 is 10.2 Å². The van der Waals surface area contributed by atoms with Gasteiger partial charge in [-0.15, -0.1) is 24.8 Å². The summed E-state index contributed by atoms with van der Waals surface area (Å²) in [6, 6.07) is 5.85. The molecule has 0 aliphatic carbocycles. The van der Waals surface area contributed by atoms with Crippen LogP contribution in [0.25, 0.3) is 0 Å². The van der Waals surface area contributed by atoms with E-state index >= 15 is 0 Å². The lowest BCUT2D eigenvalue weighted by atomic mass is 9.97. The van der Waals surface area contributed by atoms with Crippen molar-refractivity contribution in [2.24, 2.45) is 5.92 Å². The third-order valence-electron chi connectivity index (χ3n) is 3.69. The molecule has 1 N–H and O–H groups in total. The van der Waals surface area contributed by atoms with E-state index in [4.69, 9.17) is 0 Å². The number of rotatable bonds is 5. The Labute approximate surface area is 139 Å². The minimum Gasteiger partial charge on any atom is -0.342 e. The molecule has 6 heteroatoms. The predicted octanol–water partition coefficient (Wildman–Crippen LogP) is 2.32. The summed E-state index contributed by atoms with van der Waals surface area (Å²) in [5.74, 6) is 0.879. The summed E-state index contributed by atoms with van der Waals surface area (Å²) in [5.41, 5.74) is 1.000. The van der Waals surface area contributed by atoms with Gasteiger partial charge in [0, 0.05) is 31.4 Å². The fraction of sp³-hybridized carbons (Fsp3) is 0.600. The molecule has 0 saturated carbocycles. The maximum Gasteiger partial charge on any atom is 0.222 e. The monoisotopic (exact) mass is 333 g/mol. The zero-order chi connectivity index (χ0) is 13.5. The van der Waals surface area contributed by atoms with Crippen LogP contribution >= 0.6 is 24.8 Å². The lowest BCUT2D eigenvalue weighted by Crippen LogP contribution is -2.42. The molecule has 1 saturated heterocycles. The zero-order valence-electron chi connectivity index (χ0n) is 12.5. The van der Waals surface area contributed by atoms with Crippen LogP contribution in [-0.2, 0) is 11.2 Å². The zero-order valence-corrected chi connectivity index (χ0v) is 14.1. The lowest BCUT2D eigenvalue weighted by molar-refractivity contribution is -0.132. The Morgan fingerprint density at radius 3 is 2.90 bits per heavy atom. The van der Waals surface area contributed by atoms with E-state index in [-0.39, 0.29) is 30.7 Å². The summed E-state index contributed by atoms with van der Waals surface area (Å²) in [4.78, 5) is 18.5. The van der Waals surface area contributed by atoms with Crippen LogP contribution in [0.15, 0.2) is 24.4 Å². The van der Waals surface area contributed by atoms with Crippen molar-refractivity contribution in [3.05, 3.63) is 30.1 Å². The number of halogens is 2. The number of carbonyl (C=O) groups excluding carboxylic acids is 1. The molecule has 1 amide bonds. The second-order valence-corrected chi connectivity index (χ2v) is 5.23. The molecule has 120 valence electrons. The topological polar surface area (TPSA) is 45.2 Å². The minimum atomic E-state index is 0. The molecule has 21 heavy (non-hydrogen) atoms. The van der Waals surface area contributed by atoms with E-state index in [0.717, 1.165) is 38.2 Å². The number of pyridine rings is 1. The van der Waals surface area contributed by atoms with E-state index in [1.54, 1.807) is 6.20 Å². The van der Waals surface area contributed by atoms with E-state index in [2.05, 4.69) is 10.3 Å². The summed E-state index contributed by atoms with van der Waals surface area (Å²) in [6.07, 6.45) is 5.45. The molecule has 4 nitrogen and oxygen atoms in total. The Balaban J connectivity index is 0.00000200. The second kappa shape index (κ2) is 10.8. The highest BCUT2D eigenvalue weighted by molar-refractivity contribution is 5.85. The summed E-state index contributed by atoms with van der Waals surface area (Å²) in [6.45, 7) is 2.83. The Morgan fingerprint density at radius 2 is 2.24 bits per heavy atom. The van der Waals surface area contributed by atoms with Crippen molar-refractivity contribution in [2.45, 2.75) is 25.7 Å². The molecule has 1 fully saturated rings. The van der Waals surface area contributed by atoms with E-state index in [0.29, 0.717) is 12.3 Å². The molecule has 1 atom stereocenters. The average molecular weight is 334 g/mol. The van der Waals surface area contributed by atoms with Gasteiger partial charge in [0.15, 0.2) is 0 Å². The van der Waals surface area contributed by atoms with Gasteiger partial charge in [0.05, 0.1) is 0 Å². The quantitative estimate of drug-likeness (QED) is 0.899. The van der Waals surface area contributed by atoms with Crippen LogP contribution in [0.1, 0.15) is 25.0 Å². The van der Waals surface area contributed by atoms with Crippen molar-refractivity contribution in [3.63, 3.8) is 0 Å². The van der Waals surface area contributed by atoms with Crippen molar-refractivity contribution in [3.8, 4) is 0 Å². The number of hydrogen-bond donors (Lipinski definition) is 1. The smallest absolute Gasteiger partial charge is 0.222 e. The van der Waals surface area contributed by atoms with E-state index in [9.17, 15) is 4.79 Å². The normalized spacial score (nSPS) is 17.6. The molecule has 0 spiro atoms. The standard InChI is InChI=1S/C15H23N3O.2ClH/c1-16-11-13-5-4-10-18(12-13)15(19)8-7-14-6-2-3-9-17-14;;/h2-3,6,9,13,16H,4-5,7-8,10-12H2,1H3;2*1H. The van der Waals surface area contributed by atoms with E-state index < -0.39 is 0 Å².